The molecule has 0 aliphatic heterocycles. The second kappa shape index (κ2) is 6.33. The molecule has 0 unspecified atom stereocenters. The van der Waals surface area contributed by atoms with Crippen LogP contribution in [0.5, 0.6) is 0 Å². The van der Waals surface area contributed by atoms with Crippen LogP contribution in [0.15, 0.2) is 18.5 Å². The molecule has 1 aromatic heterocycles. The molecule has 1 aromatic rings. The molecular weight excluding hydrogens is 240 g/mol. The summed E-state index contributed by atoms with van der Waals surface area (Å²) in [6.07, 6.45) is 2.59. The van der Waals surface area contributed by atoms with Crippen molar-refractivity contribution in [1.82, 2.24) is 10.3 Å². The number of carbonyl (C=O) groups is 3. The van der Waals surface area contributed by atoms with E-state index in [0.29, 0.717) is 0 Å². The summed E-state index contributed by atoms with van der Waals surface area (Å²) in [4.78, 5) is 37.8. The number of hydrogen-bond acceptors (Lipinski definition) is 6. The van der Waals surface area contributed by atoms with Gasteiger partial charge in [-0.05, 0) is 6.07 Å². The van der Waals surface area contributed by atoms with E-state index in [1.165, 1.54) is 32.7 Å². The summed E-state index contributed by atoms with van der Waals surface area (Å²) >= 11 is 0. The zero-order chi connectivity index (χ0) is 13.5. The second-order valence-electron chi connectivity index (χ2n) is 3.17. The van der Waals surface area contributed by atoms with Crippen molar-refractivity contribution >= 4 is 17.8 Å². The number of pyridine rings is 1. The standard InChI is InChI=1S/C11H12N2O5/c1-17-9(14)6-13-10(15)8-5-12-4-3-7(8)11(16)18-2/h3-5H,6H2,1-2H3,(H,13,15). The molecule has 1 N–H and O–H groups in total. The summed E-state index contributed by atoms with van der Waals surface area (Å²) in [7, 11) is 2.41. The topological polar surface area (TPSA) is 94.6 Å². The second-order valence-corrected chi connectivity index (χ2v) is 3.17. The number of aromatic nitrogens is 1. The van der Waals surface area contributed by atoms with Gasteiger partial charge in [0.1, 0.15) is 6.54 Å². The number of carbonyl (C=O) groups excluding carboxylic acids is 3. The average molecular weight is 252 g/mol. The monoisotopic (exact) mass is 252 g/mol. The maximum Gasteiger partial charge on any atom is 0.338 e. The van der Waals surface area contributed by atoms with Gasteiger partial charge >= 0.3 is 11.9 Å². The third-order valence-electron chi connectivity index (χ3n) is 2.09. The molecule has 18 heavy (non-hydrogen) atoms. The zero-order valence-electron chi connectivity index (χ0n) is 9.93. The Labute approximate surface area is 103 Å². The molecule has 7 heteroatoms. The molecule has 1 heterocycles. The summed E-state index contributed by atoms with van der Waals surface area (Å²) in [5.74, 6) is -1.85. The number of ether oxygens (including phenoxy) is 2. The molecular formula is C11H12N2O5. The van der Waals surface area contributed by atoms with Crippen LogP contribution in [0.4, 0.5) is 0 Å². The first kappa shape index (κ1) is 13.6. The molecule has 0 aliphatic rings. The molecule has 0 saturated carbocycles. The number of methoxy groups -OCH3 is 2. The number of amides is 1. The minimum absolute atomic E-state index is 0.0354. The Balaban J connectivity index is 2.85. The van der Waals surface area contributed by atoms with Gasteiger partial charge in [-0.15, -0.1) is 0 Å². The Morgan fingerprint density at radius 1 is 1.22 bits per heavy atom. The average Bonchev–Trinajstić information content (AvgIpc) is 2.43. The molecule has 96 valence electrons. The normalized spacial score (nSPS) is 9.44. The first-order valence-corrected chi connectivity index (χ1v) is 4.97. The lowest BCUT2D eigenvalue weighted by Crippen LogP contribution is -2.31. The zero-order valence-corrected chi connectivity index (χ0v) is 9.93. The molecule has 0 atom stereocenters. The number of hydrogen-bond donors (Lipinski definition) is 1. The van der Waals surface area contributed by atoms with E-state index < -0.39 is 17.8 Å². The van der Waals surface area contributed by atoms with Crippen molar-refractivity contribution in [2.75, 3.05) is 20.8 Å². The number of nitrogens with zero attached hydrogens (tertiary/aromatic N) is 1. The van der Waals surface area contributed by atoms with Crippen LogP contribution in [-0.4, -0.2) is 43.6 Å². The quantitative estimate of drug-likeness (QED) is 0.744. The Hall–Kier alpha value is -2.44. The van der Waals surface area contributed by atoms with Crippen molar-refractivity contribution in [3.8, 4) is 0 Å². The highest BCUT2D eigenvalue weighted by Crippen LogP contribution is 2.08. The first-order chi connectivity index (χ1) is 8.60. The van der Waals surface area contributed by atoms with E-state index in [0.717, 1.165) is 0 Å². The van der Waals surface area contributed by atoms with Crippen LogP contribution in [0.3, 0.4) is 0 Å². The van der Waals surface area contributed by atoms with Gasteiger partial charge in [-0.3, -0.25) is 14.6 Å². The molecule has 0 aromatic carbocycles. The lowest BCUT2D eigenvalue weighted by molar-refractivity contribution is -0.139. The predicted octanol–water partition coefficient (Wildman–Crippen LogP) is -0.229. The molecule has 0 aliphatic carbocycles. The lowest BCUT2D eigenvalue weighted by atomic mass is 10.1. The molecule has 1 rings (SSSR count). The Kier molecular flexibility index (Phi) is 4.79. The maximum atomic E-state index is 11.7. The summed E-state index contributed by atoms with van der Waals surface area (Å²) in [5.41, 5.74) is 0.114. The molecule has 0 bridgehead atoms. The van der Waals surface area contributed by atoms with Gasteiger partial charge in [-0.1, -0.05) is 0 Å². The molecule has 0 fully saturated rings. The maximum absolute atomic E-state index is 11.7. The van der Waals surface area contributed by atoms with Crippen molar-refractivity contribution < 1.29 is 23.9 Å². The molecule has 0 spiro atoms. The Bertz CT molecular complexity index is 472. The van der Waals surface area contributed by atoms with Crippen molar-refractivity contribution in [3.63, 3.8) is 0 Å². The van der Waals surface area contributed by atoms with Gasteiger partial charge in [0.25, 0.3) is 5.91 Å². The van der Waals surface area contributed by atoms with E-state index >= 15 is 0 Å². The van der Waals surface area contributed by atoms with Crippen LogP contribution >= 0.6 is 0 Å². The van der Waals surface area contributed by atoms with Gasteiger partial charge in [-0.2, -0.15) is 0 Å². The Morgan fingerprint density at radius 2 is 1.94 bits per heavy atom. The highest BCUT2D eigenvalue weighted by molar-refractivity contribution is 6.05. The van der Waals surface area contributed by atoms with Crippen molar-refractivity contribution in [2.24, 2.45) is 0 Å². The summed E-state index contributed by atoms with van der Waals surface area (Å²) < 4.78 is 8.91. The number of esters is 2. The molecule has 1 amide bonds. The van der Waals surface area contributed by atoms with Gasteiger partial charge in [-0.25, -0.2) is 4.79 Å². The van der Waals surface area contributed by atoms with Crippen molar-refractivity contribution in [1.29, 1.82) is 0 Å². The molecule has 0 radical (unpaired) electrons. The highest BCUT2D eigenvalue weighted by Gasteiger charge is 2.18. The lowest BCUT2D eigenvalue weighted by Gasteiger charge is -2.07. The minimum atomic E-state index is -0.652. The summed E-state index contributed by atoms with van der Waals surface area (Å²) in [6, 6.07) is 1.36. The SMILES string of the molecule is COC(=O)CNC(=O)c1cnccc1C(=O)OC. The van der Waals surface area contributed by atoms with Crippen LogP contribution in [-0.2, 0) is 14.3 Å². The third-order valence-corrected chi connectivity index (χ3v) is 2.09. The first-order valence-electron chi connectivity index (χ1n) is 4.97. The van der Waals surface area contributed by atoms with E-state index in [4.69, 9.17) is 0 Å². The summed E-state index contributed by atoms with van der Waals surface area (Å²) in [6.45, 7) is -0.287. The highest BCUT2D eigenvalue weighted by atomic mass is 16.5. The van der Waals surface area contributed by atoms with Gasteiger partial charge < -0.3 is 14.8 Å². The summed E-state index contributed by atoms with van der Waals surface area (Å²) in [5, 5.41) is 2.31. The number of rotatable bonds is 4. The van der Waals surface area contributed by atoms with E-state index in [9.17, 15) is 14.4 Å². The van der Waals surface area contributed by atoms with Gasteiger partial charge in [0.15, 0.2) is 0 Å². The van der Waals surface area contributed by atoms with Crippen molar-refractivity contribution in [2.45, 2.75) is 0 Å². The van der Waals surface area contributed by atoms with E-state index in [1.807, 2.05) is 0 Å². The van der Waals surface area contributed by atoms with E-state index in [2.05, 4.69) is 19.8 Å². The largest absolute Gasteiger partial charge is 0.468 e. The fourth-order valence-corrected chi connectivity index (χ4v) is 1.18. The minimum Gasteiger partial charge on any atom is -0.468 e. The Morgan fingerprint density at radius 3 is 2.56 bits per heavy atom. The van der Waals surface area contributed by atoms with Crippen LogP contribution in [0.25, 0.3) is 0 Å². The van der Waals surface area contributed by atoms with Gasteiger partial charge in [0, 0.05) is 12.4 Å². The molecule has 0 saturated heterocycles. The third kappa shape index (κ3) is 3.27. The van der Waals surface area contributed by atoms with Crippen LogP contribution in [0.2, 0.25) is 0 Å². The van der Waals surface area contributed by atoms with Gasteiger partial charge in [0.2, 0.25) is 0 Å². The van der Waals surface area contributed by atoms with E-state index in [1.54, 1.807) is 0 Å². The predicted molar refractivity (Wildman–Crippen MR) is 59.9 cm³/mol. The number of nitrogens with one attached hydrogen (secondary N) is 1. The molecule has 7 nitrogen and oxygen atoms in total. The fourth-order valence-electron chi connectivity index (χ4n) is 1.18. The van der Waals surface area contributed by atoms with E-state index in [-0.39, 0.29) is 17.7 Å². The van der Waals surface area contributed by atoms with Gasteiger partial charge in [0.05, 0.1) is 25.3 Å². The van der Waals surface area contributed by atoms with Crippen LogP contribution in [0.1, 0.15) is 20.7 Å². The van der Waals surface area contributed by atoms with Crippen LogP contribution in [0, 0.1) is 0 Å². The smallest absolute Gasteiger partial charge is 0.338 e. The van der Waals surface area contributed by atoms with Crippen LogP contribution < -0.4 is 5.32 Å². The van der Waals surface area contributed by atoms with Crippen molar-refractivity contribution in [3.05, 3.63) is 29.6 Å². The fraction of sp³-hybridized carbons (Fsp3) is 0.273.